The number of piperazine rings is 1. The standard InChI is InChI=1S/C15H21F2N3/c16-11-1-4-14(17)13(9-11)15(18)10-19-5-7-20(8-6-19)12-2-3-12/h1,4,9,12,15H,2-3,5-8,10,18H2. The minimum absolute atomic E-state index is 0.273. The summed E-state index contributed by atoms with van der Waals surface area (Å²) in [5, 5.41) is 0. The third-order valence-corrected chi connectivity index (χ3v) is 4.28. The molecule has 0 aromatic heterocycles. The lowest BCUT2D eigenvalue weighted by Crippen LogP contribution is -2.48. The van der Waals surface area contributed by atoms with Crippen molar-refractivity contribution in [2.75, 3.05) is 32.7 Å². The van der Waals surface area contributed by atoms with E-state index in [1.165, 1.54) is 18.9 Å². The summed E-state index contributed by atoms with van der Waals surface area (Å²) in [5.74, 6) is -0.856. The van der Waals surface area contributed by atoms with Gasteiger partial charge in [-0.3, -0.25) is 9.80 Å². The Morgan fingerprint density at radius 2 is 1.85 bits per heavy atom. The van der Waals surface area contributed by atoms with Gasteiger partial charge >= 0.3 is 0 Å². The molecule has 1 heterocycles. The van der Waals surface area contributed by atoms with Crippen molar-refractivity contribution < 1.29 is 8.78 Å². The van der Waals surface area contributed by atoms with Crippen molar-refractivity contribution in [2.45, 2.75) is 24.9 Å². The van der Waals surface area contributed by atoms with Gasteiger partial charge in [-0.2, -0.15) is 0 Å². The number of rotatable bonds is 4. The van der Waals surface area contributed by atoms with Crippen LogP contribution < -0.4 is 5.73 Å². The molecule has 1 atom stereocenters. The Kier molecular flexibility index (Phi) is 4.01. The van der Waals surface area contributed by atoms with Gasteiger partial charge in [0.05, 0.1) is 0 Å². The van der Waals surface area contributed by atoms with Crippen LogP contribution >= 0.6 is 0 Å². The fraction of sp³-hybridized carbons (Fsp3) is 0.600. The molecule has 110 valence electrons. The van der Waals surface area contributed by atoms with Crippen LogP contribution in [-0.4, -0.2) is 48.6 Å². The van der Waals surface area contributed by atoms with E-state index in [1.54, 1.807) is 0 Å². The second-order valence-electron chi connectivity index (χ2n) is 5.84. The molecule has 1 saturated carbocycles. The van der Waals surface area contributed by atoms with E-state index in [4.69, 9.17) is 5.73 Å². The number of nitrogens with zero attached hydrogens (tertiary/aromatic N) is 2. The first-order valence-corrected chi connectivity index (χ1v) is 7.30. The molecule has 2 fully saturated rings. The van der Waals surface area contributed by atoms with E-state index in [1.807, 2.05) is 0 Å². The Labute approximate surface area is 118 Å². The van der Waals surface area contributed by atoms with Gasteiger partial charge in [-0.25, -0.2) is 8.78 Å². The Morgan fingerprint density at radius 1 is 1.15 bits per heavy atom. The van der Waals surface area contributed by atoms with E-state index in [2.05, 4.69) is 9.80 Å². The molecule has 0 spiro atoms. The van der Waals surface area contributed by atoms with Gasteiger partial charge in [0.25, 0.3) is 0 Å². The number of nitrogens with two attached hydrogens (primary N) is 1. The summed E-state index contributed by atoms with van der Waals surface area (Å²) in [7, 11) is 0. The van der Waals surface area contributed by atoms with E-state index in [0.717, 1.165) is 44.4 Å². The highest BCUT2D eigenvalue weighted by atomic mass is 19.1. The summed E-state index contributed by atoms with van der Waals surface area (Å²) < 4.78 is 26.9. The van der Waals surface area contributed by atoms with Gasteiger partial charge in [-0.15, -0.1) is 0 Å². The van der Waals surface area contributed by atoms with Gasteiger partial charge in [-0.05, 0) is 31.0 Å². The molecule has 0 radical (unpaired) electrons. The molecule has 2 N–H and O–H groups in total. The van der Waals surface area contributed by atoms with Crippen LogP contribution in [0.15, 0.2) is 18.2 Å². The second-order valence-corrected chi connectivity index (χ2v) is 5.84. The van der Waals surface area contributed by atoms with E-state index in [-0.39, 0.29) is 5.56 Å². The summed E-state index contributed by atoms with van der Waals surface area (Å²) >= 11 is 0. The average molecular weight is 281 g/mol. The molecular formula is C15H21F2N3. The van der Waals surface area contributed by atoms with E-state index in [0.29, 0.717) is 6.54 Å². The average Bonchev–Trinajstić information content (AvgIpc) is 3.27. The van der Waals surface area contributed by atoms with Crippen LogP contribution in [0, 0.1) is 11.6 Å². The Bertz CT molecular complexity index is 468. The van der Waals surface area contributed by atoms with Crippen molar-refractivity contribution in [3.8, 4) is 0 Å². The third-order valence-electron chi connectivity index (χ3n) is 4.28. The smallest absolute Gasteiger partial charge is 0.128 e. The van der Waals surface area contributed by atoms with Crippen molar-refractivity contribution in [3.05, 3.63) is 35.4 Å². The van der Waals surface area contributed by atoms with E-state index < -0.39 is 17.7 Å². The predicted molar refractivity (Wildman–Crippen MR) is 74.3 cm³/mol. The van der Waals surface area contributed by atoms with Crippen LogP contribution in [-0.2, 0) is 0 Å². The van der Waals surface area contributed by atoms with Crippen LogP contribution in [0.2, 0.25) is 0 Å². The predicted octanol–water partition coefficient (Wildman–Crippen LogP) is 1.74. The lowest BCUT2D eigenvalue weighted by atomic mass is 10.1. The van der Waals surface area contributed by atoms with E-state index in [9.17, 15) is 8.78 Å². The largest absolute Gasteiger partial charge is 0.323 e. The molecule has 1 aliphatic heterocycles. The Morgan fingerprint density at radius 3 is 2.50 bits per heavy atom. The molecule has 0 bridgehead atoms. The molecule has 1 aromatic rings. The second kappa shape index (κ2) is 5.76. The summed E-state index contributed by atoms with van der Waals surface area (Å²) in [6.45, 7) is 4.62. The van der Waals surface area contributed by atoms with Crippen LogP contribution in [0.1, 0.15) is 24.4 Å². The molecular weight excluding hydrogens is 260 g/mol. The molecule has 0 amide bonds. The number of benzene rings is 1. The number of hydrogen-bond acceptors (Lipinski definition) is 3. The monoisotopic (exact) mass is 281 g/mol. The zero-order valence-corrected chi connectivity index (χ0v) is 11.6. The highest BCUT2D eigenvalue weighted by molar-refractivity contribution is 5.22. The maximum absolute atomic E-state index is 13.7. The van der Waals surface area contributed by atoms with Crippen molar-refractivity contribution >= 4 is 0 Å². The molecule has 1 unspecified atom stereocenters. The zero-order chi connectivity index (χ0) is 14.1. The van der Waals surface area contributed by atoms with Gasteiger partial charge in [0.15, 0.2) is 0 Å². The van der Waals surface area contributed by atoms with Crippen molar-refractivity contribution in [1.29, 1.82) is 0 Å². The number of hydrogen-bond donors (Lipinski definition) is 1. The van der Waals surface area contributed by atoms with Gasteiger partial charge in [-0.1, -0.05) is 0 Å². The maximum atomic E-state index is 13.7. The minimum Gasteiger partial charge on any atom is -0.323 e. The fourth-order valence-corrected chi connectivity index (χ4v) is 2.93. The lowest BCUT2D eigenvalue weighted by Gasteiger charge is -2.36. The van der Waals surface area contributed by atoms with Crippen LogP contribution in [0.5, 0.6) is 0 Å². The molecule has 1 aliphatic carbocycles. The van der Waals surface area contributed by atoms with Crippen molar-refractivity contribution in [3.63, 3.8) is 0 Å². The van der Waals surface area contributed by atoms with Crippen LogP contribution in [0.25, 0.3) is 0 Å². The molecule has 1 aromatic carbocycles. The highest BCUT2D eigenvalue weighted by Crippen LogP contribution is 2.27. The first kappa shape index (κ1) is 13.9. The third kappa shape index (κ3) is 3.16. The van der Waals surface area contributed by atoms with Gasteiger partial charge < -0.3 is 5.73 Å². The maximum Gasteiger partial charge on any atom is 0.128 e. The van der Waals surface area contributed by atoms with Gasteiger partial charge in [0.2, 0.25) is 0 Å². The molecule has 20 heavy (non-hydrogen) atoms. The number of halogens is 2. The highest BCUT2D eigenvalue weighted by Gasteiger charge is 2.31. The van der Waals surface area contributed by atoms with Gasteiger partial charge in [0.1, 0.15) is 11.6 Å². The summed E-state index contributed by atoms with van der Waals surface area (Å²) in [4.78, 5) is 4.76. The molecule has 1 saturated heterocycles. The normalized spacial score (nSPS) is 22.9. The Hall–Kier alpha value is -1.04. The summed E-state index contributed by atoms with van der Waals surface area (Å²) in [5.41, 5.74) is 6.31. The van der Waals surface area contributed by atoms with Crippen molar-refractivity contribution in [1.82, 2.24) is 9.80 Å². The summed E-state index contributed by atoms with van der Waals surface area (Å²) in [6, 6.07) is 3.81. The SMILES string of the molecule is NC(CN1CCN(C2CC2)CC1)c1cc(F)ccc1F. The van der Waals surface area contributed by atoms with Crippen LogP contribution in [0.4, 0.5) is 8.78 Å². The molecule has 2 aliphatic rings. The summed E-state index contributed by atoms with van der Waals surface area (Å²) in [6.07, 6.45) is 2.65. The molecule has 3 rings (SSSR count). The zero-order valence-electron chi connectivity index (χ0n) is 11.6. The quantitative estimate of drug-likeness (QED) is 0.912. The van der Waals surface area contributed by atoms with E-state index >= 15 is 0 Å². The molecule has 5 heteroatoms. The lowest BCUT2D eigenvalue weighted by molar-refractivity contribution is 0.121. The van der Waals surface area contributed by atoms with Crippen LogP contribution in [0.3, 0.4) is 0 Å². The first-order chi connectivity index (χ1) is 9.63. The molecule has 3 nitrogen and oxygen atoms in total. The fourth-order valence-electron chi connectivity index (χ4n) is 2.93. The Balaban J connectivity index is 1.56. The topological polar surface area (TPSA) is 32.5 Å². The minimum atomic E-state index is -0.474. The van der Waals surface area contributed by atoms with Gasteiger partial charge in [0, 0.05) is 50.4 Å². The first-order valence-electron chi connectivity index (χ1n) is 7.30. The van der Waals surface area contributed by atoms with Crippen molar-refractivity contribution in [2.24, 2.45) is 5.73 Å².